The van der Waals surface area contributed by atoms with Crippen molar-refractivity contribution in [2.45, 2.75) is 38.4 Å². The number of rotatable bonds is 6. The molecule has 0 aliphatic carbocycles. The average molecular weight is 466 g/mol. The van der Waals surface area contributed by atoms with Gasteiger partial charge in [0.05, 0.1) is 16.3 Å². The fraction of sp³-hybridized carbons (Fsp3) is 0.429. The standard InChI is InChI=1S/C21H25F2N5O3S/c1-11-10-27(19-15(23)7-13(9-24-19)18(30)12(2)29)5-6-28(11)21(31)26-20-25-16-4-3-14(22)8-17(16)32-20/h3-4,7-9,11-12,18,21,29-31H,5-6,10H2,1-2H3,(H,25,26)/t11-,12+,18-,21?/m1/s1. The normalized spacial score (nSPS) is 20.3. The van der Waals surface area contributed by atoms with Gasteiger partial charge in [-0.25, -0.2) is 18.7 Å². The highest BCUT2D eigenvalue weighted by atomic mass is 32.1. The van der Waals surface area contributed by atoms with E-state index < -0.39 is 24.4 Å². The van der Waals surface area contributed by atoms with Crippen LogP contribution in [0.15, 0.2) is 30.5 Å². The summed E-state index contributed by atoms with van der Waals surface area (Å²) in [4.78, 5) is 12.1. The molecule has 0 saturated carbocycles. The van der Waals surface area contributed by atoms with Crippen molar-refractivity contribution in [3.8, 4) is 0 Å². The first-order valence-electron chi connectivity index (χ1n) is 10.3. The lowest BCUT2D eigenvalue weighted by Gasteiger charge is -2.42. The maximum atomic E-state index is 14.7. The van der Waals surface area contributed by atoms with Crippen LogP contribution in [0.3, 0.4) is 0 Å². The number of hydrogen-bond donors (Lipinski definition) is 4. The average Bonchev–Trinajstić information content (AvgIpc) is 3.14. The van der Waals surface area contributed by atoms with Crippen LogP contribution in [-0.2, 0) is 0 Å². The molecule has 172 valence electrons. The Balaban J connectivity index is 1.41. The van der Waals surface area contributed by atoms with Crippen molar-refractivity contribution in [2.75, 3.05) is 29.9 Å². The van der Waals surface area contributed by atoms with Gasteiger partial charge in [0.25, 0.3) is 0 Å². The summed E-state index contributed by atoms with van der Waals surface area (Å²) in [5.74, 6) is -0.760. The fourth-order valence-corrected chi connectivity index (χ4v) is 4.71. The van der Waals surface area contributed by atoms with Crippen LogP contribution in [0.1, 0.15) is 25.5 Å². The second-order valence-corrected chi connectivity index (χ2v) is 8.97. The molecule has 0 bridgehead atoms. The highest BCUT2D eigenvalue weighted by Crippen LogP contribution is 2.28. The van der Waals surface area contributed by atoms with Crippen LogP contribution < -0.4 is 10.2 Å². The van der Waals surface area contributed by atoms with Crippen molar-refractivity contribution in [2.24, 2.45) is 0 Å². The summed E-state index contributed by atoms with van der Waals surface area (Å²) < 4.78 is 28.7. The Bertz CT molecular complexity index is 1100. The molecule has 2 aromatic heterocycles. The molecule has 1 aliphatic rings. The molecule has 1 aliphatic heterocycles. The van der Waals surface area contributed by atoms with E-state index in [1.165, 1.54) is 42.7 Å². The Morgan fingerprint density at radius 1 is 1.19 bits per heavy atom. The number of pyridine rings is 1. The molecule has 1 saturated heterocycles. The van der Waals surface area contributed by atoms with Gasteiger partial charge in [-0.2, -0.15) is 0 Å². The number of aromatic nitrogens is 2. The Hall–Kier alpha value is -2.44. The SMILES string of the molecule is C[C@H](O)[C@@H](O)c1cnc(N2CCN(C(O)Nc3nc4ccc(F)cc4s3)[C@H](C)C2)c(F)c1. The number of halogens is 2. The predicted molar refractivity (Wildman–Crippen MR) is 118 cm³/mol. The van der Waals surface area contributed by atoms with Gasteiger partial charge in [-0.1, -0.05) is 11.3 Å². The molecule has 1 fully saturated rings. The number of thiazole rings is 1. The number of piperazine rings is 1. The van der Waals surface area contributed by atoms with Crippen LogP contribution in [0.25, 0.3) is 10.2 Å². The first-order valence-corrected chi connectivity index (χ1v) is 11.1. The van der Waals surface area contributed by atoms with Crippen molar-refractivity contribution < 1.29 is 24.1 Å². The number of nitrogens with one attached hydrogen (secondary N) is 1. The molecule has 0 spiro atoms. The number of aliphatic hydroxyl groups excluding tert-OH is 3. The molecule has 4 N–H and O–H groups in total. The van der Waals surface area contributed by atoms with Crippen molar-refractivity contribution in [3.05, 3.63) is 47.7 Å². The number of benzene rings is 1. The van der Waals surface area contributed by atoms with E-state index in [0.717, 1.165) is 0 Å². The molecule has 8 nitrogen and oxygen atoms in total. The third kappa shape index (κ3) is 4.66. The van der Waals surface area contributed by atoms with Crippen LogP contribution >= 0.6 is 11.3 Å². The summed E-state index contributed by atoms with van der Waals surface area (Å²) in [5, 5.41) is 33.5. The molecule has 11 heteroatoms. The van der Waals surface area contributed by atoms with Gasteiger partial charge in [0.15, 0.2) is 23.1 Å². The minimum Gasteiger partial charge on any atom is -0.390 e. The highest BCUT2D eigenvalue weighted by Gasteiger charge is 2.31. The lowest BCUT2D eigenvalue weighted by atomic mass is 10.1. The number of nitrogens with zero attached hydrogens (tertiary/aromatic N) is 4. The Labute approximate surface area is 187 Å². The lowest BCUT2D eigenvalue weighted by molar-refractivity contribution is -0.00548. The van der Waals surface area contributed by atoms with Crippen LogP contribution in [0.5, 0.6) is 0 Å². The molecule has 1 aromatic carbocycles. The van der Waals surface area contributed by atoms with Crippen molar-refractivity contribution in [1.29, 1.82) is 0 Å². The maximum absolute atomic E-state index is 14.7. The van der Waals surface area contributed by atoms with Crippen molar-refractivity contribution >= 4 is 32.5 Å². The predicted octanol–water partition coefficient (Wildman–Crippen LogP) is 2.28. The van der Waals surface area contributed by atoms with Gasteiger partial charge < -0.3 is 25.5 Å². The van der Waals surface area contributed by atoms with Gasteiger partial charge in [-0.15, -0.1) is 0 Å². The molecule has 4 atom stereocenters. The van der Waals surface area contributed by atoms with Crippen molar-refractivity contribution in [3.63, 3.8) is 0 Å². The van der Waals surface area contributed by atoms with Gasteiger partial charge in [0.2, 0.25) is 0 Å². The summed E-state index contributed by atoms with van der Waals surface area (Å²) in [7, 11) is 0. The van der Waals surface area contributed by atoms with Crippen LogP contribution in [-0.4, -0.2) is 68.3 Å². The third-order valence-corrected chi connectivity index (χ3v) is 6.49. The molecule has 4 rings (SSSR count). The van der Waals surface area contributed by atoms with Crippen molar-refractivity contribution in [1.82, 2.24) is 14.9 Å². The van der Waals surface area contributed by atoms with Crippen LogP contribution in [0.2, 0.25) is 0 Å². The number of aliphatic hydroxyl groups is 3. The summed E-state index contributed by atoms with van der Waals surface area (Å²) >= 11 is 1.25. The molecule has 0 amide bonds. The molecule has 3 aromatic rings. The third-order valence-electron chi connectivity index (χ3n) is 5.54. The molecular weight excluding hydrogens is 440 g/mol. The monoisotopic (exact) mass is 465 g/mol. The van der Waals surface area contributed by atoms with Crippen LogP contribution in [0, 0.1) is 11.6 Å². The molecule has 0 radical (unpaired) electrons. The zero-order valence-corrected chi connectivity index (χ0v) is 18.4. The van der Waals surface area contributed by atoms with Gasteiger partial charge in [0, 0.05) is 37.4 Å². The quantitative estimate of drug-likeness (QED) is 0.411. The van der Waals surface area contributed by atoms with E-state index in [0.29, 0.717) is 35.0 Å². The van der Waals surface area contributed by atoms with E-state index >= 15 is 0 Å². The fourth-order valence-electron chi connectivity index (χ4n) is 3.80. The Morgan fingerprint density at radius 2 is 1.97 bits per heavy atom. The summed E-state index contributed by atoms with van der Waals surface area (Å²) in [6.45, 7) is 4.62. The maximum Gasteiger partial charge on any atom is 0.186 e. The van der Waals surface area contributed by atoms with Gasteiger partial charge in [0.1, 0.15) is 11.9 Å². The zero-order valence-electron chi connectivity index (χ0n) is 17.6. The second kappa shape index (κ2) is 9.20. The smallest absolute Gasteiger partial charge is 0.186 e. The zero-order chi connectivity index (χ0) is 23.0. The first-order chi connectivity index (χ1) is 15.2. The second-order valence-electron chi connectivity index (χ2n) is 7.94. The molecule has 1 unspecified atom stereocenters. The van der Waals surface area contributed by atoms with E-state index in [1.54, 1.807) is 11.0 Å². The Morgan fingerprint density at radius 3 is 2.66 bits per heavy atom. The van der Waals surface area contributed by atoms with E-state index in [1.807, 2.05) is 11.8 Å². The van der Waals surface area contributed by atoms with E-state index in [2.05, 4.69) is 15.3 Å². The first kappa shape index (κ1) is 22.7. The van der Waals surface area contributed by atoms with E-state index in [4.69, 9.17) is 0 Å². The van der Waals surface area contributed by atoms with Gasteiger partial charge >= 0.3 is 0 Å². The molecule has 32 heavy (non-hydrogen) atoms. The molecule has 3 heterocycles. The largest absolute Gasteiger partial charge is 0.390 e. The Kier molecular flexibility index (Phi) is 6.54. The number of hydrogen-bond acceptors (Lipinski definition) is 9. The number of fused-ring (bicyclic) bond motifs is 1. The minimum atomic E-state index is -1.21. The lowest BCUT2D eigenvalue weighted by Crippen LogP contribution is -2.57. The van der Waals surface area contributed by atoms with Crippen LogP contribution in [0.4, 0.5) is 19.7 Å². The summed E-state index contributed by atoms with van der Waals surface area (Å²) in [6, 6.07) is 5.38. The van der Waals surface area contributed by atoms with Gasteiger partial charge in [-0.05, 0) is 38.1 Å². The summed E-state index contributed by atoms with van der Waals surface area (Å²) in [6.07, 6.45) is -1.89. The van der Waals surface area contributed by atoms with E-state index in [9.17, 15) is 24.1 Å². The number of anilines is 2. The molecular formula is C21H25F2N5O3S. The topological polar surface area (TPSA) is 105 Å². The minimum absolute atomic E-state index is 0.137. The highest BCUT2D eigenvalue weighted by molar-refractivity contribution is 7.22. The van der Waals surface area contributed by atoms with E-state index in [-0.39, 0.29) is 23.2 Å². The summed E-state index contributed by atoms with van der Waals surface area (Å²) in [5.41, 5.74) is 0.859. The van der Waals surface area contributed by atoms with Gasteiger partial charge in [-0.3, -0.25) is 4.90 Å².